The lowest BCUT2D eigenvalue weighted by molar-refractivity contribution is 0.151. The van der Waals surface area contributed by atoms with Gasteiger partial charge in [0.1, 0.15) is 0 Å². The molecule has 2 heteroatoms. The molecule has 11 heavy (non-hydrogen) atoms. The van der Waals surface area contributed by atoms with Gasteiger partial charge in [0, 0.05) is 0 Å². The molecule has 0 spiro atoms. The third-order valence-electron chi connectivity index (χ3n) is 2.94. The molecular formula is C9H17NO. The highest BCUT2D eigenvalue weighted by molar-refractivity contribution is 5.00. The molecule has 0 aromatic carbocycles. The number of hydrogen-bond acceptors (Lipinski definition) is 2. The molecule has 2 atom stereocenters. The molecule has 0 aromatic heterocycles. The van der Waals surface area contributed by atoms with E-state index in [1.165, 1.54) is 19.5 Å². The van der Waals surface area contributed by atoms with E-state index >= 15 is 0 Å². The highest BCUT2D eigenvalue weighted by Crippen LogP contribution is 2.50. The highest BCUT2D eigenvalue weighted by atomic mass is 16.5. The van der Waals surface area contributed by atoms with Crippen molar-refractivity contribution in [3.63, 3.8) is 0 Å². The highest BCUT2D eigenvalue weighted by Gasteiger charge is 2.53. The Hall–Kier alpha value is -0.0800. The van der Waals surface area contributed by atoms with Crippen molar-refractivity contribution in [1.82, 2.24) is 5.32 Å². The predicted octanol–water partition coefficient (Wildman–Crippen LogP) is 0.878. The third-order valence-corrected chi connectivity index (χ3v) is 2.94. The minimum Gasteiger partial charge on any atom is -0.381 e. The summed E-state index contributed by atoms with van der Waals surface area (Å²) in [6, 6.07) is 0. The molecule has 2 fully saturated rings. The van der Waals surface area contributed by atoms with Crippen LogP contribution >= 0.6 is 0 Å². The Kier molecular flexibility index (Phi) is 2.14. The summed E-state index contributed by atoms with van der Waals surface area (Å²) < 4.78 is 5.32. The first-order valence-corrected chi connectivity index (χ1v) is 4.72. The van der Waals surface area contributed by atoms with Gasteiger partial charge in [-0.2, -0.15) is 0 Å². The van der Waals surface area contributed by atoms with Crippen LogP contribution in [-0.2, 0) is 4.74 Å². The summed E-state index contributed by atoms with van der Waals surface area (Å²) in [5.74, 6) is 2.79. The fourth-order valence-electron chi connectivity index (χ4n) is 2.11. The Morgan fingerprint density at radius 1 is 1.36 bits per heavy atom. The molecule has 1 heterocycles. The Morgan fingerprint density at radius 3 is 2.73 bits per heavy atom. The summed E-state index contributed by atoms with van der Waals surface area (Å²) in [5, 5.41) is 3.47. The van der Waals surface area contributed by atoms with Crippen molar-refractivity contribution in [3.05, 3.63) is 0 Å². The summed E-state index contributed by atoms with van der Waals surface area (Å²) in [6.07, 6.45) is 1.25. The maximum atomic E-state index is 5.32. The Labute approximate surface area is 68.3 Å². The molecule has 64 valence electrons. The van der Waals surface area contributed by atoms with Gasteiger partial charge in [0.2, 0.25) is 0 Å². The van der Waals surface area contributed by atoms with E-state index in [0.29, 0.717) is 0 Å². The van der Waals surface area contributed by atoms with E-state index < -0.39 is 0 Å². The fraction of sp³-hybridized carbons (Fsp3) is 1.00. The zero-order valence-corrected chi connectivity index (χ0v) is 7.18. The van der Waals surface area contributed by atoms with E-state index in [9.17, 15) is 0 Å². The Morgan fingerprint density at radius 2 is 2.09 bits per heavy atom. The summed E-state index contributed by atoms with van der Waals surface area (Å²) in [6.45, 7) is 6.68. The lowest BCUT2D eigenvalue weighted by atomic mass is 10.3. The first kappa shape index (κ1) is 7.56. The van der Waals surface area contributed by atoms with Crippen LogP contribution in [0.5, 0.6) is 0 Å². The van der Waals surface area contributed by atoms with E-state index in [-0.39, 0.29) is 0 Å². The minimum absolute atomic E-state index is 0.916. The summed E-state index contributed by atoms with van der Waals surface area (Å²) in [4.78, 5) is 0. The first-order valence-electron chi connectivity index (χ1n) is 4.72. The summed E-state index contributed by atoms with van der Waals surface area (Å²) in [5.41, 5.74) is 0. The molecule has 2 aliphatic rings. The van der Waals surface area contributed by atoms with Crippen molar-refractivity contribution in [2.75, 3.05) is 26.3 Å². The quantitative estimate of drug-likeness (QED) is 0.608. The van der Waals surface area contributed by atoms with E-state index in [4.69, 9.17) is 4.74 Å². The standard InChI is InChI=1S/C9H17NO/c1-2-3-10-4-7-8-5-11-6-9(7)8/h7-10H,2-6H2,1H3. The zero-order chi connectivity index (χ0) is 7.68. The maximum Gasteiger partial charge on any atom is 0.0501 e. The van der Waals surface area contributed by atoms with Crippen LogP contribution in [0.1, 0.15) is 13.3 Å². The van der Waals surface area contributed by atoms with Gasteiger partial charge in [-0.25, -0.2) is 0 Å². The van der Waals surface area contributed by atoms with Crippen LogP contribution in [0.25, 0.3) is 0 Å². The molecule has 1 N–H and O–H groups in total. The van der Waals surface area contributed by atoms with Crippen molar-refractivity contribution in [2.45, 2.75) is 13.3 Å². The van der Waals surface area contributed by atoms with Crippen LogP contribution in [0.15, 0.2) is 0 Å². The third kappa shape index (κ3) is 1.42. The van der Waals surface area contributed by atoms with Crippen LogP contribution in [-0.4, -0.2) is 26.3 Å². The minimum atomic E-state index is 0.916. The van der Waals surface area contributed by atoms with Gasteiger partial charge in [0.05, 0.1) is 13.2 Å². The smallest absolute Gasteiger partial charge is 0.0501 e. The monoisotopic (exact) mass is 155 g/mol. The number of fused-ring (bicyclic) bond motifs is 1. The number of hydrogen-bond donors (Lipinski definition) is 1. The van der Waals surface area contributed by atoms with Gasteiger partial charge in [0.25, 0.3) is 0 Å². The second-order valence-electron chi connectivity index (χ2n) is 3.73. The number of rotatable bonds is 4. The molecule has 2 nitrogen and oxygen atoms in total. The Bertz CT molecular complexity index is 128. The molecule has 0 amide bonds. The van der Waals surface area contributed by atoms with Crippen LogP contribution in [0.2, 0.25) is 0 Å². The average molecular weight is 155 g/mol. The SMILES string of the molecule is CCCNCC1C2COCC12. The molecule has 0 radical (unpaired) electrons. The number of ether oxygens (including phenoxy) is 1. The maximum absolute atomic E-state index is 5.32. The summed E-state index contributed by atoms with van der Waals surface area (Å²) in [7, 11) is 0. The molecule has 1 aliphatic carbocycles. The average Bonchev–Trinajstić information content (AvgIpc) is 2.46. The van der Waals surface area contributed by atoms with Crippen LogP contribution < -0.4 is 5.32 Å². The second-order valence-corrected chi connectivity index (χ2v) is 3.73. The summed E-state index contributed by atoms with van der Waals surface area (Å²) >= 11 is 0. The Balaban J connectivity index is 1.60. The van der Waals surface area contributed by atoms with Crippen molar-refractivity contribution in [1.29, 1.82) is 0 Å². The van der Waals surface area contributed by atoms with Gasteiger partial charge < -0.3 is 10.1 Å². The van der Waals surface area contributed by atoms with Crippen molar-refractivity contribution in [2.24, 2.45) is 17.8 Å². The fourth-order valence-corrected chi connectivity index (χ4v) is 2.11. The molecule has 1 aliphatic heterocycles. The first-order chi connectivity index (χ1) is 5.43. The van der Waals surface area contributed by atoms with Crippen LogP contribution in [0.4, 0.5) is 0 Å². The van der Waals surface area contributed by atoms with E-state index in [1.807, 2.05) is 0 Å². The molecular weight excluding hydrogens is 138 g/mol. The van der Waals surface area contributed by atoms with Gasteiger partial charge in [0.15, 0.2) is 0 Å². The van der Waals surface area contributed by atoms with Crippen LogP contribution in [0, 0.1) is 17.8 Å². The molecule has 1 saturated heterocycles. The van der Waals surface area contributed by atoms with Gasteiger partial charge >= 0.3 is 0 Å². The lowest BCUT2D eigenvalue weighted by Crippen LogP contribution is -2.20. The van der Waals surface area contributed by atoms with Crippen molar-refractivity contribution >= 4 is 0 Å². The van der Waals surface area contributed by atoms with Gasteiger partial charge in [-0.05, 0) is 37.3 Å². The molecule has 1 saturated carbocycles. The van der Waals surface area contributed by atoms with Gasteiger partial charge in [-0.15, -0.1) is 0 Å². The topological polar surface area (TPSA) is 21.3 Å². The largest absolute Gasteiger partial charge is 0.381 e. The van der Waals surface area contributed by atoms with E-state index in [0.717, 1.165) is 31.0 Å². The van der Waals surface area contributed by atoms with Crippen molar-refractivity contribution in [3.8, 4) is 0 Å². The normalized spacial score (nSPS) is 40.6. The van der Waals surface area contributed by atoms with Gasteiger partial charge in [-0.3, -0.25) is 0 Å². The molecule has 2 unspecified atom stereocenters. The molecule has 0 bridgehead atoms. The predicted molar refractivity (Wildman–Crippen MR) is 44.4 cm³/mol. The zero-order valence-electron chi connectivity index (χ0n) is 7.18. The second kappa shape index (κ2) is 3.11. The van der Waals surface area contributed by atoms with Gasteiger partial charge in [-0.1, -0.05) is 6.92 Å². The molecule has 2 rings (SSSR count). The van der Waals surface area contributed by atoms with E-state index in [2.05, 4.69) is 12.2 Å². The van der Waals surface area contributed by atoms with Crippen LogP contribution in [0.3, 0.4) is 0 Å². The van der Waals surface area contributed by atoms with E-state index in [1.54, 1.807) is 0 Å². The number of nitrogens with one attached hydrogen (secondary N) is 1. The van der Waals surface area contributed by atoms with Crippen molar-refractivity contribution < 1.29 is 4.74 Å². The molecule has 0 aromatic rings. The lowest BCUT2D eigenvalue weighted by Gasteiger charge is -2.04.